The molecule has 120 valence electrons. The van der Waals surface area contributed by atoms with E-state index < -0.39 is 0 Å². The first-order valence-corrected chi connectivity index (χ1v) is 6.68. The van der Waals surface area contributed by atoms with Gasteiger partial charge in [-0.05, 0) is 6.07 Å². The fourth-order valence-corrected chi connectivity index (χ4v) is 2.53. The highest BCUT2D eigenvalue weighted by Crippen LogP contribution is 2.34. The van der Waals surface area contributed by atoms with Gasteiger partial charge in [0.2, 0.25) is 0 Å². The van der Waals surface area contributed by atoms with E-state index in [4.69, 9.17) is 9.47 Å². The van der Waals surface area contributed by atoms with Crippen molar-refractivity contribution in [3.63, 3.8) is 0 Å². The standard InChI is InChI=1S/C14H21FN2O3.ClH/c1-19-13-7-10(11(15)8-14(13)20-2)12(9-18)17-5-3-16-4-6-17;/h7-8,12,16,18H,3-6,9H2,1-2H3;1H/t12-;/m1./s1. The van der Waals surface area contributed by atoms with Crippen molar-refractivity contribution in [3.05, 3.63) is 23.5 Å². The fourth-order valence-electron chi connectivity index (χ4n) is 2.53. The molecule has 1 aromatic rings. The lowest BCUT2D eigenvalue weighted by atomic mass is 10.0. The third kappa shape index (κ3) is 3.97. The number of piperazine rings is 1. The summed E-state index contributed by atoms with van der Waals surface area (Å²) in [5.41, 5.74) is 0.437. The maximum absolute atomic E-state index is 14.3. The molecule has 0 amide bonds. The molecule has 1 heterocycles. The third-order valence-corrected chi connectivity index (χ3v) is 3.63. The molecular weight excluding hydrogens is 299 g/mol. The number of benzene rings is 1. The highest BCUT2D eigenvalue weighted by molar-refractivity contribution is 5.85. The molecule has 2 N–H and O–H groups in total. The molecule has 1 aromatic carbocycles. The van der Waals surface area contributed by atoms with Gasteiger partial charge < -0.3 is 19.9 Å². The fraction of sp³-hybridized carbons (Fsp3) is 0.571. The highest BCUT2D eigenvalue weighted by atomic mass is 35.5. The van der Waals surface area contributed by atoms with Crippen LogP contribution in [0.3, 0.4) is 0 Å². The molecule has 5 nitrogen and oxygen atoms in total. The number of methoxy groups -OCH3 is 2. The number of aliphatic hydroxyl groups is 1. The van der Waals surface area contributed by atoms with Gasteiger partial charge in [0.1, 0.15) is 5.82 Å². The summed E-state index contributed by atoms with van der Waals surface area (Å²) >= 11 is 0. The Hall–Kier alpha value is -1.08. The van der Waals surface area contributed by atoms with Gasteiger partial charge in [-0.25, -0.2) is 4.39 Å². The molecule has 1 atom stereocenters. The van der Waals surface area contributed by atoms with E-state index in [1.165, 1.54) is 20.3 Å². The number of aliphatic hydroxyl groups excluding tert-OH is 1. The Kier molecular flexibility index (Phi) is 7.17. The van der Waals surface area contributed by atoms with E-state index in [1.54, 1.807) is 6.07 Å². The van der Waals surface area contributed by atoms with Gasteiger partial charge in [-0.2, -0.15) is 0 Å². The van der Waals surface area contributed by atoms with Crippen LogP contribution in [0.25, 0.3) is 0 Å². The van der Waals surface area contributed by atoms with Crippen LogP contribution in [-0.4, -0.2) is 57.0 Å². The topological polar surface area (TPSA) is 54.0 Å². The van der Waals surface area contributed by atoms with Crippen LogP contribution >= 0.6 is 12.4 Å². The van der Waals surface area contributed by atoms with Gasteiger partial charge in [-0.15, -0.1) is 12.4 Å². The second-order valence-corrected chi connectivity index (χ2v) is 4.71. The normalized spacial score (nSPS) is 17.0. The van der Waals surface area contributed by atoms with Crippen molar-refractivity contribution in [2.24, 2.45) is 0 Å². The number of nitrogens with one attached hydrogen (secondary N) is 1. The van der Waals surface area contributed by atoms with Crippen LogP contribution in [0.2, 0.25) is 0 Å². The summed E-state index contributed by atoms with van der Waals surface area (Å²) < 4.78 is 24.5. The molecular formula is C14H22ClFN2O3. The van der Waals surface area contributed by atoms with Crippen LogP contribution in [0.4, 0.5) is 4.39 Å². The smallest absolute Gasteiger partial charge is 0.163 e. The van der Waals surface area contributed by atoms with E-state index in [0.29, 0.717) is 17.1 Å². The van der Waals surface area contributed by atoms with Crippen LogP contribution < -0.4 is 14.8 Å². The lowest BCUT2D eigenvalue weighted by molar-refractivity contribution is 0.108. The lowest BCUT2D eigenvalue weighted by Crippen LogP contribution is -2.46. The molecule has 2 rings (SSSR count). The Balaban J connectivity index is 0.00000220. The maximum atomic E-state index is 14.3. The largest absolute Gasteiger partial charge is 0.493 e. The Morgan fingerprint density at radius 1 is 1.24 bits per heavy atom. The van der Waals surface area contributed by atoms with Gasteiger partial charge in [-0.3, -0.25) is 4.90 Å². The van der Waals surface area contributed by atoms with Crippen molar-refractivity contribution < 1.29 is 19.0 Å². The van der Waals surface area contributed by atoms with Crippen molar-refractivity contribution in [1.82, 2.24) is 10.2 Å². The molecule has 0 bridgehead atoms. The van der Waals surface area contributed by atoms with Crippen LogP contribution in [-0.2, 0) is 0 Å². The van der Waals surface area contributed by atoms with Gasteiger partial charge in [0, 0.05) is 37.8 Å². The summed E-state index contributed by atoms with van der Waals surface area (Å²) in [6, 6.07) is 2.55. The second kappa shape index (κ2) is 8.38. The SMILES string of the molecule is COc1cc(F)c([C@@H](CO)N2CCNCC2)cc1OC.Cl. The third-order valence-electron chi connectivity index (χ3n) is 3.63. The van der Waals surface area contributed by atoms with Gasteiger partial charge in [0.05, 0.1) is 26.9 Å². The molecule has 0 unspecified atom stereocenters. The zero-order valence-electron chi connectivity index (χ0n) is 12.3. The molecule has 0 aliphatic carbocycles. The first-order chi connectivity index (χ1) is 9.71. The number of halogens is 2. The molecule has 1 aliphatic rings. The summed E-state index contributed by atoms with van der Waals surface area (Å²) in [6.45, 7) is 3.10. The maximum Gasteiger partial charge on any atom is 0.163 e. The van der Waals surface area contributed by atoms with Crippen LogP contribution in [0, 0.1) is 5.82 Å². The van der Waals surface area contributed by atoms with E-state index in [2.05, 4.69) is 10.2 Å². The van der Waals surface area contributed by atoms with Gasteiger partial charge >= 0.3 is 0 Å². The summed E-state index contributed by atoms with van der Waals surface area (Å²) in [4.78, 5) is 2.07. The number of ether oxygens (including phenoxy) is 2. The Bertz CT molecular complexity index is 456. The number of rotatable bonds is 5. The summed E-state index contributed by atoms with van der Waals surface area (Å²) in [6.07, 6.45) is 0. The van der Waals surface area contributed by atoms with Crippen molar-refractivity contribution in [3.8, 4) is 11.5 Å². The second-order valence-electron chi connectivity index (χ2n) is 4.71. The molecule has 21 heavy (non-hydrogen) atoms. The predicted octanol–water partition coefficient (Wildman–Crippen LogP) is 1.20. The summed E-state index contributed by atoms with van der Waals surface area (Å²) in [5, 5.41) is 12.9. The highest BCUT2D eigenvalue weighted by Gasteiger charge is 2.25. The molecule has 1 saturated heterocycles. The quantitative estimate of drug-likeness (QED) is 0.854. The van der Waals surface area contributed by atoms with Crippen molar-refractivity contribution in [2.75, 3.05) is 47.0 Å². The summed E-state index contributed by atoms with van der Waals surface area (Å²) in [5.74, 6) is 0.434. The first kappa shape index (κ1) is 18.0. The van der Waals surface area contributed by atoms with Crippen molar-refractivity contribution in [1.29, 1.82) is 0 Å². The zero-order valence-corrected chi connectivity index (χ0v) is 13.1. The zero-order chi connectivity index (χ0) is 14.5. The average molecular weight is 321 g/mol. The van der Waals surface area contributed by atoms with Crippen molar-refractivity contribution in [2.45, 2.75) is 6.04 Å². The molecule has 7 heteroatoms. The van der Waals surface area contributed by atoms with Crippen molar-refractivity contribution >= 4 is 12.4 Å². The van der Waals surface area contributed by atoms with E-state index in [1.807, 2.05) is 0 Å². The predicted molar refractivity (Wildman–Crippen MR) is 81.0 cm³/mol. The number of hydrogen-bond acceptors (Lipinski definition) is 5. The van der Waals surface area contributed by atoms with Crippen LogP contribution in [0.1, 0.15) is 11.6 Å². The summed E-state index contributed by atoms with van der Waals surface area (Å²) in [7, 11) is 2.98. The minimum atomic E-state index is -0.389. The number of nitrogens with zero attached hydrogens (tertiary/aromatic N) is 1. The van der Waals surface area contributed by atoms with E-state index in [0.717, 1.165) is 26.2 Å². The average Bonchev–Trinajstić information content (AvgIpc) is 2.50. The number of hydrogen-bond donors (Lipinski definition) is 2. The van der Waals surface area contributed by atoms with E-state index in [-0.39, 0.29) is 30.9 Å². The van der Waals surface area contributed by atoms with E-state index in [9.17, 15) is 9.50 Å². The lowest BCUT2D eigenvalue weighted by Gasteiger charge is -2.34. The Morgan fingerprint density at radius 3 is 2.33 bits per heavy atom. The van der Waals surface area contributed by atoms with Gasteiger partial charge in [-0.1, -0.05) is 0 Å². The van der Waals surface area contributed by atoms with E-state index >= 15 is 0 Å². The first-order valence-electron chi connectivity index (χ1n) is 6.68. The molecule has 1 fully saturated rings. The minimum Gasteiger partial charge on any atom is -0.493 e. The monoisotopic (exact) mass is 320 g/mol. The Morgan fingerprint density at radius 2 is 1.81 bits per heavy atom. The minimum absolute atomic E-state index is 0. The molecule has 0 radical (unpaired) electrons. The van der Waals surface area contributed by atoms with Crippen LogP contribution in [0.15, 0.2) is 12.1 Å². The molecule has 1 aliphatic heterocycles. The Labute approximate surface area is 130 Å². The van der Waals surface area contributed by atoms with Gasteiger partial charge in [0.15, 0.2) is 11.5 Å². The molecule has 0 aromatic heterocycles. The van der Waals surface area contributed by atoms with Crippen LogP contribution in [0.5, 0.6) is 11.5 Å². The van der Waals surface area contributed by atoms with Gasteiger partial charge in [0.25, 0.3) is 0 Å². The molecule has 0 spiro atoms. The molecule has 0 saturated carbocycles.